The third-order valence-electron chi connectivity index (χ3n) is 3.18. The van der Waals surface area contributed by atoms with Gasteiger partial charge in [-0.25, -0.2) is 4.68 Å². The minimum Gasteiger partial charge on any atom is -0.492 e. The Kier molecular flexibility index (Phi) is 4.75. The van der Waals surface area contributed by atoms with E-state index in [2.05, 4.69) is 21.0 Å². The third kappa shape index (κ3) is 2.94. The second-order valence-electron chi connectivity index (χ2n) is 5.12. The first-order chi connectivity index (χ1) is 10.4. The summed E-state index contributed by atoms with van der Waals surface area (Å²) in [7, 11) is 0. The standard InChI is InChI=1S/C15H19BrN4O2/c1-4-22-11-7-9(16)5-6-10(11)20-14(15(18)21)12(17)13(19-20)8(2)3/h5-8H,4,17H2,1-3H3,(H2,18,21). The van der Waals surface area contributed by atoms with Crippen molar-refractivity contribution in [1.29, 1.82) is 0 Å². The molecule has 0 aliphatic carbocycles. The van der Waals surface area contributed by atoms with Crippen LogP contribution in [0.5, 0.6) is 5.75 Å². The summed E-state index contributed by atoms with van der Waals surface area (Å²) in [5.74, 6) is 0.0461. The van der Waals surface area contributed by atoms with Crippen LogP contribution in [0.15, 0.2) is 22.7 Å². The number of hydrogen-bond donors (Lipinski definition) is 2. The Balaban J connectivity index is 2.72. The predicted molar refractivity (Wildman–Crippen MR) is 89.5 cm³/mol. The molecule has 0 radical (unpaired) electrons. The number of nitrogen functional groups attached to an aromatic ring is 1. The van der Waals surface area contributed by atoms with Crippen LogP contribution in [0.1, 0.15) is 42.9 Å². The van der Waals surface area contributed by atoms with Gasteiger partial charge in [0.25, 0.3) is 5.91 Å². The number of rotatable bonds is 5. The maximum Gasteiger partial charge on any atom is 0.269 e. The van der Waals surface area contributed by atoms with Gasteiger partial charge in [0.15, 0.2) is 5.69 Å². The van der Waals surface area contributed by atoms with E-state index in [1.165, 1.54) is 4.68 Å². The number of aromatic nitrogens is 2. The van der Waals surface area contributed by atoms with E-state index in [1.54, 1.807) is 6.07 Å². The van der Waals surface area contributed by atoms with Gasteiger partial charge in [-0.3, -0.25) is 4.79 Å². The molecule has 4 N–H and O–H groups in total. The zero-order chi connectivity index (χ0) is 16.4. The number of nitrogens with two attached hydrogens (primary N) is 2. The summed E-state index contributed by atoms with van der Waals surface area (Å²) >= 11 is 3.40. The SMILES string of the molecule is CCOc1cc(Br)ccc1-n1nc(C(C)C)c(N)c1C(N)=O. The van der Waals surface area contributed by atoms with Gasteiger partial charge in [-0.05, 0) is 31.0 Å². The topological polar surface area (TPSA) is 96.2 Å². The highest BCUT2D eigenvalue weighted by molar-refractivity contribution is 9.10. The molecule has 1 aromatic heterocycles. The molecule has 2 rings (SSSR count). The van der Waals surface area contributed by atoms with Crippen LogP contribution < -0.4 is 16.2 Å². The molecule has 1 aromatic carbocycles. The largest absolute Gasteiger partial charge is 0.492 e. The van der Waals surface area contributed by atoms with Crippen molar-refractivity contribution < 1.29 is 9.53 Å². The van der Waals surface area contributed by atoms with Gasteiger partial charge in [-0.15, -0.1) is 0 Å². The predicted octanol–water partition coefficient (Wildman–Crippen LogP) is 2.84. The number of primary amides is 1. The second kappa shape index (κ2) is 6.39. The smallest absolute Gasteiger partial charge is 0.269 e. The maximum atomic E-state index is 11.8. The average molecular weight is 367 g/mol. The van der Waals surface area contributed by atoms with Gasteiger partial charge < -0.3 is 16.2 Å². The number of ether oxygens (including phenoxy) is 1. The van der Waals surface area contributed by atoms with Crippen molar-refractivity contribution in [2.24, 2.45) is 5.73 Å². The highest BCUT2D eigenvalue weighted by Gasteiger charge is 2.24. The molecule has 22 heavy (non-hydrogen) atoms. The number of nitrogens with zero attached hydrogens (tertiary/aromatic N) is 2. The van der Waals surface area contributed by atoms with Gasteiger partial charge in [-0.2, -0.15) is 5.10 Å². The van der Waals surface area contributed by atoms with Crippen LogP contribution in [-0.4, -0.2) is 22.3 Å². The first kappa shape index (κ1) is 16.4. The fourth-order valence-corrected chi connectivity index (χ4v) is 2.56. The van der Waals surface area contributed by atoms with Gasteiger partial charge in [0.1, 0.15) is 11.4 Å². The molecule has 0 atom stereocenters. The monoisotopic (exact) mass is 366 g/mol. The Labute approximate surface area is 137 Å². The van der Waals surface area contributed by atoms with Gasteiger partial charge >= 0.3 is 0 Å². The van der Waals surface area contributed by atoms with Crippen LogP contribution in [0.3, 0.4) is 0 Å². The van der Waals surface area contributed by atoms with Gasteiger partial charge in [0.2, 0.25) is 0 Å². The van der Waals surface area contributed by atoms with E-state index in [0.717, 1.165) is 4.47 Å². The second-order valence-corrected chi connectivity index (χ2v) is 6.04. The number of carbonyl (C=O) groups excluding carboxylic acids is 1. The Morgan fingerprint density at radius 2 is 2.14 bits per heavy atom. The Hall–Kier alpha value is -2.02. The van der Waals surface area contributed by atoms with Crippen LogP contribution in [-0.2, 0) is 0 Å². The molecule has 1 amide bonds. The van der Waals surface area contributed by atoms with E-state index < -0.39 is 5.91 Å². The Bertz CT molecular complexity index is 710. The number of anilines is 1. The van der Waals surface area contributed by atoms with Gasteiger partial charge in [-0.1, -0.05) is 29.8 Å². The molecule has 118 valence electrons. The summed E-state index contributed by atoms with van der Waals surface area (Å²) in [5, 5.41) is 4.47. The van der Waals surface area contributed by atoms with Crippen LogP contribution in [0.25, 0.3) is 5.69 Å². The number of amides is 1. The van der Waals surface area contributed by atoms with Crippen molar-refractivity contribution in [3.8, 4) is 11.4 Å². The lowest BCUT2D eigenvalue weighted by atomic mass is 10.1. The first-order valence-electron chi connectivity index (χ1n) is 6.97. The van der Waals surface area contributed by atoms with E-state index in [1.807, 2.05) is 32.9 Å². The Morgan fingerprint density at radius 1 is 1.45 bits per heavy atom. The summed E-state index contributed by atoms with van der Waals surface area (Å²) in [6.07, 6.45) is 0. The van der Waals surface area contributed by atoms with Crippen molar-refractivity contribution >= 4 is 27.5 Å². The van der Waals surface area contributed by atoms with Crippen LogP contribution >= 0.6 is 15.9 Å². The first-order valence-corrected chi connectivity index (χ1v) is 7.77. The fourth-order valence-electron chi connectivity index (χ4n) is 2.22. The molecular formula is C15H19BrN4O2. The zero-order valence-electron chi connectivity index (χ0n) is 12.8. The highest BCUT2D eigenvalue weighted by Crippen LogP contribution is 2.32. The molecule has 0 saturated carbocycles. The van der Waals surface area contributed by atoms with E-state index in [9.17, 15) is 4.79 Å². The molecular weight excluding hydrogens is 348 g/mol. The molecule has 0 spiro atoms. The van der Waals surface area contributed by atoms with Crippen molar-refractivity contribution in [2.45, 2.75) is 26.7 Å². The number of hydrogen-bond acceptors (Lipinski definition) is 4. The summed E-state index contributed by atoms with van der Waals surface area (Å²) < 4.78 is 7.96. The van der Waals surface area contributed by atoms with Crippen molar-refractivity contribution in [3.63, 3.8) is 0 Å². The van der Waals surface area contributed by atoms with Crippen molar-refractivity contribution in [1.82, 2.24) is 9.78 Å². The van der Waals surface area contributed by atoms with Gasteiger partial charge in [0, 0.05) is 4.47 Å². The van der Waals surface area contributed by atoms with Crippen molar-refractivity contribution in [3.05, 3.63) is 34.1 Å². The number of carbonyl (C=O) groups is 1. The number of halogens is 1. The van der Waals surface area contributed by atoms with Crippen LogP contribution in [0.2, 0.25) is 0 Å². The molecule has 6 nitrogen and oxygen atoms in total. The molecule has 0 fully saturated rings. The molecule has 2 aromatic rings. The number of benzene rings is 1. The fraction of sp³-hybridized carbons (Fsp3) is 0.333. The molecule has 1 heterocycles. The minimum atomic E-state index is -0.623. The lowest BCUT2D eigenvalue weighted by molar-refractivity contribution is 0.0993. The van der Waals surface area contributed by atoms with Gasteiger partial charge in [0.05, 0.1) is 18.0 Å². The maximum absolute atomic E-state index is 11.8. The highest BCUT2D eigenvalue weighted by atomic mass is 79.9. The minimum absolute atomic E-state index is 0.0744. The van der Waals surface area contributed by atoms with E-state index in [0.29, 0.717) is 29.4 Å². The average Bonchev–Trinajstić information content (AvgIpc) is 2.77. The normalized spacial score (nSPS) is 11.0. The molecule has 7 heteroatoms. The summed E-state index contributed by atoms with van der Waals surface area (Å²) in [5.41, 5.74) is 13.3. The van der Waals surface area contributed by atoms with E-state index >= 15 is 0 Å². The molecule has 0 aliphatic rings. The summed E-state index contributed by atoms with van der Waals surface area (Å²) in [6.45, 7) is 6.29. The molecule has 0 bridgehead atoms. The lowest BCUT2D eigenvalue weighted by Crippen LogP contribution is -2.18. The van der Waals surface area contributed by atoms with Crippen LogP contribution in [0.4, 0.5) is 5.69 Å². The Morgan fingerprint density at radius 3 is 2.68 bits per heavy atom. The summed E-state index contributed by atoms with van der Waals surface area (Å²) in [6, 6.07) is 5.46. The summed E-state index contributed by atoms with van der Waals surface area (Å²) in [4.78, 5) is 11.8. The van der Waals surface area contributed by atoms with E-state index in [-0.39, 0.29) is 11.6 Å². The van der Waals surface area contributed by atoms with Crippen LogP contribution in [0, 0.1) is 0 Å². The zero-order valence-corrected chi connectivity index (χ0v) is 14.3. The molecule has 0 aliphatic heterocycles. The lowest BCUT2D eigenvalue weighted by Gasteiger charge is -2.12. The van der Waals surface area contributed by atoms with E-state index in [4.69, 9.17) is 16.2 Å². The third-order valence-corrected chi connectivity index (χ3v) is 3.67. The van der Waals surface area contributed by atoms with Crippen molar-refractivity contribution in [2.75, 3.05) is 12.3 Å². The quantitative estimate of drug-likeness (QED) is 0.849. The molecule has 0 saturated heterocycles. The molecule has 0 unspecified atom stereocenters.